The van der Waals surface area contributed by atoms with Crippen LogP contribution in [-0.4, -0.2) is 14.2 Å². The molecule has 0 aliphatic carbocycles. The Morgan fingerprint density at radius 2 is 1.90 bits per heavy atom. The second-order valence-electron chi connectivity index (χ2n) is 4.36. The summed E-state index contributed by atoms with van der Waals surface area (Å²) in [5.74, 6) is 3.03. The van der Waals surface area contributed by atoms with Crippen molar-refractivity contribution >= 4 is 15.9 Å². The molecule has 108 valence electrons. The van der Waals surface area contributed by atoms with Crippen molar-refractivity contribution in [1.29, 1.82) is 0 Å². The molecule has 0 saturated carbocycles. The molecule has 4 nitrogen and oxygen atoms in total. The van der Waals surface area contributed by atoms with Crippen molar-refractivity contribution < 1.29 is 13.9 Å². The lowest BCUT2D eigenvalue weighted by Gasteiger charge is -2.16. The molecule has 2 N–H and O–H groups in total. The van der Waals surface area contributed by atoms with E-state index in [1.807, 2.05) is 31.2 Å². The molecule has 0 spiro atoms. The van der Waals surface area contributed by atoms with Gasteiger partial charge in [-0.2, -0.15) is 0 Å². The average molecular weight is 340 g/mol. The number of halogens is 1. The van der Waals surface area contributed by atoms with E-state index in [2.05, 4.69) is 15.9 Å². The van der Waals surface area contributed by atoms with Gasteiger partial charge in [-0.15, -0.1) is 0 Å². The Hall–Kier alpha value is -1.46. The molecule has 0 aliphatic heterocycles. The van der Waals surface area contributed by atoms with E-state index < -0.39 is 6.04 Å². The van der Waals surface area contributed by atoms with Crippen LogP contribution in [0.4, 0.5) is 0 Å². The van der Waals surface area contributed by atoms with Gasteiger partial charge in [-0.05, 0) is 40.2 Å². The minimum atomic E-state index is -0.396. The van der Waals surface area contributed by atoms with Gasteiger partial charge in [0.15, 0.2) is 0 Å². The van der Waals surface area contributed by atoms with E-state index in [0.717, 1.165) is 22.2 Å². The number of benzene rings is 1. The third-order valence-corrected chi connectivity index (χ3v) is 3.80. The van der Waals surface area contributed by atoms with Gasteiger partial charge in [0.1, 0.15) is 23.0 Å². The lowest BCUT2D eigenvalue weighted by atomic mass is 10.0. The summed E-state index contributed by atoms with van der Waals surface area (Å²) in [5.41, 5.74) is 7.11. The van der Waals surface area contributed by atoms with Gasteiger partial charge in [0.05, 0.1) is 24.7 Å². The Balaban J connectivity index is 2.44. The van der Waals surface area contributed by atoms with E-state index in [1.165, 1.54) is 0 Å². The van der Waals surface area contributed by atoms with E-state index in [4.69, 9.17) is 19.6 Å². The fourth-order valence-corrected chi connectivity index (χ4v) is 2.52. The average Bonchev–Trinajstić information content (AvgIpc) is 2.95. The summed E-state index contributed by atoms with van der Waals surface area (Å²) < 4.78 is 17.2. The maximum Gasteiger partial charge on any atom is 0.133 e. The van der Waals surface area contributed by atoms with Gasteiger partial charge < -0.3 is 19.6 Å². The second-order valence-corrected chi connectivity index (χ2v) is 5.22. The highest BCUT2D eigenvalue weighted by atomic mass is 79.9. The number of nitrogens with two attached hydrogens (primary N) is 1. The van der Waals surface area contributed by atoms with E-state index in [-0.39, 0.29) is 0 Å². The molecule has 2 aromatic rings. The molecule has 0 fully saturated rings. The number of methoxy groups -OCH3 is 2. The van der Waals surface area contributed by atoms with Crippen molar-refractivity contribution in [1.82, 2.24) is 0 Å². The first-order valence-electron chi connectivity index (χ1n) is 6.36. The van der Waals surface area contributed by atoms with Crippen LogP contribution in [0.1, 0.15) is 30.0 Å². The third-order valence-electron chi connectivity index (χ3n) is 3.18. The van der Waals surface area contributed by atoms with Crippen LogP contribution in [0.15, 0.2) is 33.2 Å². The molecule has 5 heteroatoms. The quantitative estimate of drug-likeness (QED) is 0.902. The summed E-state index contributed by atoms with van der Waals surface area (Å²) in [4.78, 5) is 0. The molecule has 1 aromatic heterocycles. The normalized spacial score (nSPS) is 12.2. The zero-order valence-electron chi connectivity index (χ0n) is 11.8. The molecule has 1 unspecified atom stereocenters. The standard InChI is InChI=1S/C15H18BrNO3/c1-4-9-5-6-12(20-9)15(17)10-7-14(19-3)11(16)8-13(10)18-2/h5-8,15H,4,17H2,1-3H3. The van der Waals surface area contributed by atoms with Crippen LogP contribution in [0.3, 0.4) is 0 Å². The molecule has 2 rings (SSSR count). The highest BCUT2D eigenvalue weighted by Gasteiger charge is 2.20. The summed E-state index contributed by atoms with van der Waals surface area (Å²) >= 11 is 3.43. The van der Waals surface area contributed by atoms with Crippen molar-refractivity contribution in [3.63, 3.8) is 0 Å². The topological polar surface area (TPSA) is 57.6 Å². The van der Waals surface area contributed by atoms with Crippen LogP contribution in [0.25, 0.3) is 0 Å². The van der Waals surface area contributed by atoms with Crippen molar-refractivity contribution in [2.45, 2.75) is 19.4 Å². The monoisotopic (exact) mass is 339 g/mol. The Bertz CT molecular complexity index is 595. The highest BCUT2D eigenvalue weighted by molar-refractivity contribution is 9.10. The molecular formula is C15H18BrNO3. The highest BCUT2D eigenvalue weighted by Crippen LogP contribution is 2.37. The molecule has 1 aromatic carbocycles. The van der Waals surface area contributed by atoms with E-state index in [0.29, 0.717) is 17.3 Å². The Morgan fingerprint density at radius 3 is 2.45 bits per heavy atom. The van der Waals surface area contributed by atoms with Gasteiger partial charge >= 0.3 is 0 Å². The molecule has 1 atom stereocenters. The van der Waals surface area contributed by atoms with Gasteiger partial charge in [-0.3, -0.25) is 0 Å². The van der Waals surface area contributed by atoms with Crippen molar-refractivity contribution in [3.8, 4) is 11.5 Å². The lowest BCUT2D eigenvalue weighted by Crippen LogP contribution is -2.12. The van der Waals surface area contributed by atoms with Crippen LogP contribution in [0, 0.1) is 0 Å². The van der Waals surface area contributed by atoms with Crippen LogP contribution < -0.4 is 15.2 Å². The van der Waals surface area contributed by atoms with Crippen LogP contribution in [0.5, 0.6) is 11.5 Å². The Kier molecular flexibility index (Phi) is 4.73. The summed E-state index contributed by atoms with van der Waals surface area (Å²) in [6.07, 6.45) is 0.841. The summed E-state index contributed by atoms with van der Waals surface area (Å²) in [6, 6.07) is 7.15. The van der Waals surface area contributed by atoms with Gasteiger partial charge in [0.25, 0.3) is 0 Å². The predicted octanol–water partition coefficient (Wildman–Crippen LogP) is 3.67. The van der Waals surface area contributed by atoms with E-state index in [1.54, 1.807) is 14.2 Å². The fourth-order valence-electron chi connectivity index (χ4n) is 2.03. The van der Waals surface area contributed by atoms with Crippen molar-refractivity contribution in [2.24, 2.45) is 5.73 Å². The first-order valence-corrected chi connectivity index (χ1v) is 7.15. The summed E-state index contributed by atoms with van der Waals surface area (Å²) in [6.45, 7) is 2.04. The zero-order chi connectivity index (χ0) is 14.7. The van der Waals surface area contributed by atoms with Crippen LogP contribution in [0.2, 0.25) is 0 Å². The van der Waals surface area contributed by atoms with E-state index >= 15 is 0 Å². The second kappa shape index (κ2) is 6.33. The first-order chi connectivity index (χ1) is 9.60. The predicted molar refractivity (Wildman–Crippen MR) is 81.4 cm³/mol. The van der Waals surface area contributed by atoms with Crippen LogP contribution in [-0.2, 0) is 6.42 Å². The molecular weight excluding hydrogens is 322 g/mol. The lowest BCUT2D eigenvalue weighted by molar-refractivity contribution is 0.389. The molecule has 0 saturated heterocycles. The van der Waals surface area contributed by atoms with Crippen molar-refractivity contribution in [2.75, 3.05) is 14.2 Å². The van der Waals surface area contributed by atoms with Crippen LogP contribution >= 0.6 is 15.9 Å². The molecule has 20 heavy (non-hydrogen) atoms. The molecule has 1 heterocycles. The fraction of sp³-hybridized carbons (Fsp3) is 0.333. The minimum Gasteiger partial charge on any atom is -0.496 e. The van der Waals surface area contributed by atoms with Gasteiger partial charge in [0.2, 0.25) is 0 Å². The number of furan rings is 1. The third kappa shape index (κ3) is 2.83. The van der Waals surface area contributed by atoms with Gasteiger partial charge in [-0.1, -0.05) is 6.92 Å². The zero-order valence-corrected chi connectivity index (χ0v) is 13.4. The Labute approximate surface area is 127 Å². The SMILES string of the molecule is CCc1ccc(C(N)c2cc(OC)c(Br)cc2OC)o1. The largest absolute Gasteiger partial charge is 0.496 e. The number of rotatable bonds is 5. The number of aryl methyl sites for hydroxylation is 1. The summed E-state index contributed by atoms with van der Waals surface area (Å²) in [5, 5.41) is 0. The van der Waals surface area contributed by atoms with Gasteiger partial charge in [-0.25, -0.2) is 0 Å². The van der Waals surface area contributed by atoms with Gasteiger partial charge in [0, 0.05) is 12.0 Å². The van der Waals surface area contributed by atoms with Crippen molar-refractivity contribution in [3.05, 3.63) is 45.8 Å². The molecule has 0 amide bonds. The molecule has 0 bridgehead atoms. The summed E-state index contributed by atoms with van der Waals surface area (Å²) in [7, 11) is 3.23. The Morgan fingerprint density at radius 1 is 1.20 bits per heavy atom. The maximum atomic E-state index is 6.29. The number of ether oxygens (including phenoxy) is 2. The maximum absolute atomic E-state index is 6.29. The van der Waals surface area contributed by atoms with E-state index in [9.17, 15) is 0 Å². The number of hydrogen-bond donors (Lipinski definition) is 1. The smallest absolute Gasteiger partial charge is 0.133 e. The number of hydrogen-bond acceptors (Lipinski definition) is 4. The minimum absolute atomic E-state index is 0.396. The molecule has 0 aliphatic rings. The first kappa shape index (κ1) is 14.9. The molecule has 0 radical (unpaired) electrons.